The molecule has 3 heteroatoms. The number of aliphatic hydroxyl groups is 2. The van der Waals surface area contributed by atoms with E-state index in [4.69, 9.17) is 4.74 Å². The maximum absolute atomic E-state index is 10.1. The molecule has 0 aromatic carbocycles. The smallest absolute Gasteiger partial charge is 0.109 e. The molecule has 0 bridgehead atoms. The molecule has 1 aliphatic heterocycles. The molecule has 0 radical (unpaired) electrons. The second-order valence-electron chi connectivity index (χ2n) is 4.13. The third kappa shape index (κ3) is 1.64. The Morgan fingerprint density at radius 3 is 3.08 bits per heavy atom. The van der Waals surface area contributed by atoms with Gasteiger partial charge in [-0.1, -0.05) is 12.2 Å². The van der Waals surface area contributed by atoms with Crippen LogP contribution in [0.2, 0.25) is 0 Å². The van der Waals surface area contributed by atoms with Gasteiger partial charge in [0.05, 0.1) is 18.3 Å². The van der Waals surface area contributed by atoms with Crippen molar-refractivity contribution >= 4 is 0 Å². The first-order valence-corrected chi connectivity index (χ1v) is 4.85. The van der Waals surface area contributed by atoms with Crippen molar-refractivity contribution in [2.24, 2.45) is 0 Å². The minimum absolute atomic E-state index is 0.198. The molecule has 0 amide bonds. The molecule has 2 rings (SSSR count). The quantitative estimate of drug-likeness (QED) is 0.542. The molecule has 4 atom stereocenters. The van der Waals surface area contributed by atoms with Gasteiger partial charge in [-0.3, -0.25) is 0 Å². The third-order valence-corrected chi connectivity index (χ3v) is 2.97. The van der Waals surface area contributed by atoms with Gasteiger partial charge in [-0.2, -0.15) is 0 Å². The van der Waals surface area contributed by atoms with Crippen LogP contribution < -0.4 is 0 Å². The van der Waals surface area contributed by atoms with Crippen LogP contribution in [0.1, 0.15) is 26.2 Å². The zero-order valence-corrected chi connectivity index (χ0v) is 7.81. The van der Waals surface area contributed by atoms with Crippen LogP contribution in [-0.4, -0.2) is 34.1 Å². The van der Waals surface area contributed by atoms with Gasteiger partial charge in [-0.05, 0) is 19.8 Å². The molecule has 1 heterocycles. The van der Waals surface area contributed by atoms with Gasteiger partial charge in [0.2, 0.25) is 0 Å². The summed E-state index contributed by atoms with van der Waals surface area (Å²) in [6, 6.07) is 0. The van der Waals surface area contributed by atoms with Crippen LogP contribution in [-0.2, 0) is 4.74 Å². The average molecular weight is 184 g/mol. The van der Waals surface area contributed by atoms with Crippen LogP contribution >= 0.6 is 0 Å². The first-order valence-electron chi connectivity index (χ1n) is 4.85. The zero-order chi connectivity index (χ0) is 9.47. The summed E-state index contributed by atoms with van der Waals surface area (Å²) in [5.41, 5.74) is -0.828. The lowest BCUT2D eigenvalue weighted by Gasteiger charge is -2.43. The van der Waals surface area contributed by atoms with Gasteiger partial charge in [0.1, 0.15) is 5.60 Å². The standard InChI is InChI=1S/C10H16O3/c1-7-2-4-10(12)5-3-8(11)6-9(10)13-7/h3,5,7-9,11-12H,2,4,6H2,1H3/t7-,8-,9+,10+/m1/s1. The Bertz CT molecular complexity index is 226. The predicted molar refractivity (Wildman–Crippen MR) is 48.3 cm³/mol. The molecular formula is C10H16O3. The minimum Gasteiger partial charge on any atom is -0.389 e. The molecule has 1 aliphatic carbocycles. The minimum atomic E-state index is -0.828. The molecule has 0 aromatic heterocycles. The van der Waals surface area contributed by atoms with E-state index in [1.807, 2.05) is 6.92 Å². The largest absolute Gasteiger partial charge is 0.389 e. The summed E-state index contributed by atoms with van der Waals surface area (Å²) < 4.78 is 5.60. The average Bonchev–Trinajstić information content (AvgIpc) is 2.08. The van der Waals surface area contributed by atoms with Crippen LogP contribution in [0.15, 0.2) is 12.2 Å². The normalized spacial score (nSPS) is 50.2. The molecule has 1 saturated heterocycles. The van der Waals surface area contributed by atoms with E-state index in [-0.39, 0.29) is 12.2 Å². The van der Waals surface area contributed by atoms with E-state index in [1.165, 1.54) is 0 Å². The van der Waals surface area contributed by atoms with Crippen molar-refractivity contribution in [3.05, 3.63) is 12.2 Å². The Balaban J connectivity index is 2.17. The van der Waals surface area contributed by atoms with Gasteiger partial charge in [0, 0.05) is 6.42 Å². The molecule has 3 nitrogen and oxygen atoms in total. The van der Waals surface area contributed by atoms with E-state index >= 15 is 0 Å². The van der Waals surface area contributed by atoms with Crippen molar-refractivity contribution in [1.82, 2.24) is 0 Å². The highest BCUT2D eigenvalue weighted by Gasteiger charge is 2.42. The van der Waals surface area contributed by atoms with Crippen molar-refractivity contribution < 1.29 is 14.9 Å². The Morgan fingerprint density at radius 1 is 1.54 bits per heavy atom. The van der Waals surface area contributed by atoms with Crippen LogP contribution in [0, 0.1) is 0 Å². The molecule has 13 heavy (non-hydrogen) atoms. The summed E-state index contributed by atoms with van der Waals surface area (Å²) in [7, 11) is 0. The number of aliphatic hydroxyl groups excluding tert-OH is 1. The Labute approximate surface area is 78.0 Å². The highest BCUT2D eigenvalue weighted by atomic mass is 16.5. The van der Waals surface area contributed by atoms with E-state index in [2.05, 4.69) is 0 Å². The lowest BCUT2D eigenvalue weighted by molar-refractivity contribution is -0.162. The topological polar surface area (TPSA) is 49.7 Å². The predicted octanol–water partition coefficient (Wildman–Crippen LogP) is 0.606. The van der Waals surface area contributed by atoms with Gasteiger partial charge in [0.25, 0.3) is 0 Å². The molecule has 0 spiro atoms. The first-order chi connectivity index (χ1) is 6.10. The van der Waals surface area contributed by atoms with Gasteiger partial charge in [0.15, 0.2) is 0 Å². The van der Waals surface area contributed by atoms with Crippen molar-refractivity contribution in [2.45, 2.75) is 50.1 Å². The maximum atomic E-state index is 10.1. The maximum Gasteiger partial charge on any atom is 0.109 e. The van der Waals surface area contributed by atoms with Crippen molar-refractivity contribution in [1.29, 1.82) is 0 Å². The summed E-state index contributed by atoms with van der Waals surface area (Å²) in [4.78, 5) is 0. The van der Waals surface area contributed by atoms with Gasteiger partial charge in [-0.25, -0.2) is 0 Å². The third-order valence-electron chi connectivity index (χ3n) is 2.97. The fourth-order valence-corrected chi connectivity index (χ4v) is 2.09. The molecular weight excluding hydrogens is 168 g/mol. The van der Waals surface area contributed by atoms with E-state index in [0.29, 0.717) is 6.42 Å². The van der Waals surface area contributed by atoms with Crippen molar-refractivity contribution in [3.63, 3.8) is 0 Å². The van der Waals surface area contributed by atoms with Gasteiger partial charge in [-0.15, -0.1) is 0 Å². The summed E-state index contributed by atoms with van der Waals surface area (Å²) in [5, 5.41) is 19.5. The SMILES string of the molecule is C[C@@H]1CC[C@]2(O)C=C[C@@H](O)C[C@@H]2O1. The van der Waals surface area contributed by atoms with Crippen LogP contribution in [0.5, 0.6) is 0 Å². The molecule has 74 valence electrons. The molecule has 0 aromatic rings. The molecule has 1 fully saturated rings. The number of hydrogen-bond acceptors (Lipinski definition) is 3. The van der Waals surface area contributed by atoms with E-state index in [1.54, 1.807) is 12.2 Å². The second kappa shape index (κ2) is 3.08. The lowest BCUT2D eigenvalue weighted by Crippen LogP contribution is -2.51. The van der Waals surface area contributed by atoms with E-state index < -0.39 is 11.7 Å². The Morgan fingerprint density at radius 2 is 2.31 bits per heavy atom. The lowest BCUT2D eigenvalue weighted by atomic mass is 9.80. The number of rotatable bonds is 0. The molecule has 2 N–H and O–H groups in total. The van der Waals surface area contributed by atoms with Crippen LogP contribution in [0.25, 0.3) is 0 Å². The highest BCUT2D eigenvalue weighted by molar-refractivity contribution is 5.14. The number of hydrogen-bond donors (Lipinski definition) is 2. The molecule has 0 saturated carbocycles. The van der Waals surface area contributed by atoms with Crippen molar-refractivity contribution in [2.75, 3.05) is 0 Å². The second-order valence-corrected chi connectivity index (χ2v) is 4.13. The molecule has 0 unspecified atom stereocenters. The molecule has 2 aliphatic rings. The fraction of sp³-hybridized carbons (Fsp3) is 0.800. The van der Waals surface area contributed by atoms with Gasteiger partial charge < -0.3 is 14.9 Å². The van der Waals surface area contributed by atoms with Gasteiger partial charge >= 0.3 is 0 Å². The Kier molecular flexibility index (Phi) is 2.18. The van der Waals surface area contributed by atoms with Crippen LogP contribution in [0.4, 0.5) is 0 Å². The zero-order valence-electron chi connectivity index (χ0n) is 7.81. The van der Waals surface area contributed by atoms with Crippen molar-refractivity contribution in [3.8, 4) is 0 Å². The van der Waals surface area contributed by atoms with E-state index in [9.17, 15) is 10.2 Å². The highest BCUT2D eigenvalue weighted by Crippen LogP contribution is 2.35. The first kappa shape index (κ1) is 9.19. The monoisotopic (exact) mass is 184 g/mol. The number of fused-ring (bicyclic) bond motifs is 1. The summed E-state index contributed by atoms with van der Waals surface area (Å²) in [5.74, 6) is 0. The summed E-state index contributed by atoms with van der Waals surface area (Å²) in [6.45, 7) is 2.00. The summed E-state index contributed by atoms with van der Waals surface area (Å²) in [6.07, 6.45) is 5.00. The summed E-state index contributed by atoms with van der Waals surface area (Å²) >= 11 is 0. The number of ether oxygens (including phenoxy) is 1. The van der Waals surface area contributed by atoms with Crippen LogP contribution in [0.3, 0.4) is 0 Å². The van der Waals surface area contributed by atoms with E-state index in [0.717, 1.165) is 12.8 Å². The fourth-order valence-electron chi connectivity index (χ4n) is 2.09. The Hall–Kier alpha value is -0.380.